The van der Waals surface area contributed by atoms with Crippen LogP contribution in [0.2, 0.25) is 0 Å². The van der Waals surface area contributed by atoms with E-state index in [1.54, 1.807) is 7.11 Å². The molecule has 1 aromatic carbocycles. The van der Waals surface area contributed by atoms with Crippen LogP contribution in [0, 0.1) is 5.92 Å². The first-order valence-corrected chi connectivity index (χ1v) is 5.92. The number of hydrogen-bond acceptors (Lipinski definition) is 3. The van der Waals surface area contributed by atoms with Crippen molar-refractivity contribution in [3.05, 3.63) is 29.8 Å². The number of ether oxygens (including phenoxy) is 2. The molecule has 0 aliphatic rings. The molecule has 0 saturated heterocycles. The minimum atomic E-state index is 0.139. The molecule has 1 atom stereocenters. The molecule has 1 rings (SSSR count). The van der Waals surface area contributed by atoms with Crippen molar-refractivity contribution in [1.82, 2.24) is 0 Å². The second-order valence-corrected chi connectivity index (χ2v) is 4.16. The van der Waals surface area contributed by atoms with Crippen molar-refractivity contribution in [1.29, 1.82) is 0 Å². The van der Waals surface area contributed by atoms with E-state index in [4.69, 9.17) is 9.47 Å². The molecule has 0 N–H and O–H groups in total. The third kappa shape index (κ3) is 5.50. The number of carbonyl (C=O) groups is 1. The van der Waals surface area contributed by atoms with Crippen LogP contribution in [0.15, 0.2) is 24.3 Å². The molecule has 0 unspecified atom stereocenters. The van der Waals surface area contributed by atoms with Crippen LogP contribution in [0.5, 0.6) is 5.75 Å². The van der Waals surface area contributed by atoms with Gasteiger partial charge in [0.05, 0.1) is 13.7 Å². The fourth-order valence-electron chi connectivity index (χ4n) is 1.49. The van der Waals surface area contributed by atoms with Crippen molar-refractivity contribution in [2.75, 3.05) is 13.7 Å². The summed E-state index contributed by atoms with van der Waals surface area (Å²) in [5.41, 5.74) is 1.13. The van der Waals surface area contributed by atoms with Gasteiger partial charge in [-0.3, -0.25) is 0 Å². The molecule has 0 radical (unpaired) electrons. The van der Waals surface area contributed by atoms with Crippen molar-refractivity contribution in [2.45, 2.75) is 26.4 Å². The number of benzene rings is 1. The van der Waals surface area contributed by atoms with Gasteiger partial charge in [-0.15, -0.1) is 0 Å². The Hall–Kier alpha value is -1.35. The number of carbonyl (C=O) groups excluding carboxylic acids is 1. The number of methoxy groups -OCH3 is 1. The van der Waals surface area contributed by atoms with E-state index in [0.29, 0.717) is 13.2 Å². The third-order valence-corrected chi connectivity index (χ3v) is 2.61. The summed E-state index contributed by atoms with van der Waals surface area (Å²) >= 11 is 0. The van der Waals surface area contributed by atoms with E-state index >= 15 is 0 Å². The molecule has 0 spiro atoms. The Balaban J connectivity index is 2.15. The van der Waals surface area contributed by atoms with E-state index < -0.39 is 0 Å². The highest BCUT2D eigenvalue weighted by Crippen LogP contribution is 2.12. The molecule has 0 bridgehead atoms. The molecule has 0 amide bonds. The Morgan fingerprint density at radius 3 is 2.59 bits per heavy atom. The maximum absolute atomic E-state index is 10.4. The highest BCUT2D eigenvalue weighted by Gasteiger charge is 1.99. The first-order chi connectivity index (χ1) is 8.26. The van der Waals surface area contributed by atoms with Gasteiger partial charge in [0.2, 0.25) is 0 Å². The minimum Gasteiger partial charge on any atom is -0.497 e. The lowest BCUT2D eigenvalue weighted by Crippen LogP contribution is -2.00. The van der Waals surface area contributed by atoms with E-state index in [1.807, 2.05) is 31.2 Å². The first-order valence-electron chi connectivity index (χ1n) is 5.92. The van der Waals surface area contributed by atoms with E-state index in [0.717, 1.165) is 30.4 Å². The smallest absolute Gasteiger partial charge is 0.122 e. The number of hydrogen-bond donors (Lipinski definition) is 0. The molecule has 0 aliphatic carbocycles. The van der Waals surface area contributed by atoms with Crippen molar-refractivity contribution in [3.8, 4) is 5.75 Å². The average Bonchev–Trinajstić information content (AvgIpc) is 2.38. The van der Waals surface area contributed by atoms with E-state index in [-0.39, 0.29) is 5.92 Å². The van der Waals surface area contributed by atoms with Gasteiger partial charge in [-0.2, -0.15) is 0 Å². The molecule has 0 saturated carbocycles. The molecule has 3 heteroatoms. The van der Waals surface area contributed by atoms with Gasteiger partial charge in [-0.1, -0.05) is 19.1 Å². The second kappa shape index (κ2) is 7.85. The lowest BCUT2D eigenvalue weighted by molar-refractivity contribution is -0.110. The lowest BCUT2D eigenvalue weighted by Gasteiger charge is -2.06. The summed E-state index contributed by atoms with van der Waals surface area (Å²) in [5.74, 6) is 0.994. The highest BCUT2D eigenvalue weighted by atomic mass is 16.5. The largest absolute Gasteiger partial charge is 0.497 e. The first kappa shape index (κ1) is 13.7. The van der Waals surface area contributed by atoms with Crippen LogP contribution in [0.3, 0.4) is 0 Å². The van der Waals surface area contributed by atoms with Crippen LogP contribution in [0.25, 0.3) is 0 Å². The van der Waals surface area contributed by atoms with E-state index in [2.05, 4.69) is 0 Å². The van der Waals surface area contributed by atoms with Crippen molar-refractivity contribution in [2.24, 2.45) is 5.92 Å². The highest BCUT2D eigenvalue weighted by molar-refractivity contribution is 5.52. The number of rotatable bonds is 8. The summed E-state index contributed by atoms with van der Waals surface area (Å²) in [6.45, 7) is 3.24. The predicted octanol–water partition coefficient (Wildman–Crippen LogP) is 2.83. The molecule has 17 heavy (non-hydrogen) atoms. The van der Waals surface area contributed by atoms with E-state index in [1.165, 1.54) is 0 Å². The third-order valence-electron chi connectivity index (χ3n) is 2.61. The fraction of sp³-hybridized carbons (Fsp3) is 0.500. The Labute approximate surface area is 103 Å². The van der Waals surface area contributed by atoms with Crippen LogP contribution in [0.1, 0.15) is 25.3 Å². The maximum Gasteiger partial charge on any atom is 0.122 e. The normalized spacial score (nSPS) is 12.1. The predicted molar refractivity (Wildman–Crippen MR) is 67.1 cm³/mol. The zero-order valence-electron chi connectivity index (χ0n) is 10.5. The molecular formula is C14H20O3. The molecule has 0 aliphatic heterocycles. The van der Waals surface area contributed by atoms with Gasteiger partial charge >= 0.3 is 0 Å². The van der Waals surface area contributed by atoms with Gasteiger partial charge in [-0.05, 0) is 30.5 Å². The summed E-state index contributed by atoms with van der Waals surface area (Å²) in [6, 6.07) is 7.83. The summed E-state index contributed by atoms with van der Waals surface area (Å²) in [7, 11) is 1.65. The van der Waals surface area contributed by atoms with Gasteiger partial charge in [-0.25, -0.2) is 0 Å². The molecule has 0 heterocycles. The second-order valence-electron chi connectivity index (χ2n) is 4.16. The quantitative estimate of drug-likeness (QED) is 0.514. The lowest BCUT2D eigenvalue weighted by atomic mass is 10.1. The molecule has 94 valence electrons. The Kier molecular flexibility index (Phi) is 6.33. The van der Waals surface area contributed by atoms with Crippen LogP contribution in [0.4, 0.5) is 0 Å². The zero-order chi connectivity index (χ0) is 12.5. The van der Waals surface area contributed by atoms with Crippen LogP contribution < -0.4 is 4.74 Å². The fourth-order valence-corrected chi connectivity index (χ4v) is 1.49. The standard InChI is InChI=1S/C14H20O3/c1-12(10-15)4-3-9-17-11-13-5-7-14(16-2)8-6-13/h5-8,10,12H,3-4,9,11H2,1-2H3/t12-/m0/s1. The van der Waals surface area contributed by atoms with Gasteiger partial charge in [0.15, 0.2) is 0 Å². The monoisotopic (exact) mass is 236 g/mol. The van der Waals surface area contributed by atoms with Crippen molar-refractivity contribution in [3.63, 3.8) is 0 Å². The Morgan fingerprint density at radius 2 is 2.00 bits per heavy atom. The summed E-state index contributed by atoms with van der Waals surface area (Å²) in [6.07, 6.45) is 2.81. The number of aldehydes is 1. The van der Waals surface area contributed by atoms with Crippen molar-refractivity contribution >= 4 is 6.29 Å². The van der Waals surface area contributed by atoms with Gasteiger partial charge < -0.3 is 14.3 Å². The van der Waals surface area contributed by atoms with E-state index in [9.17, 15) is 4.79 Å². The Morgan fingerprint density at radius 1 is 1.29 bits per heavy atom. The SMILES string of the molecule is COc1ccc(COCCC[C@H](C)C=O)cc1. The van der Waals surface area contributed by atoms with Crippen molar-refractivity contribution < 1.29 is 14.3 Å². The average molecular weight is 236 g/mol. The summed E-state index contributed by atoms with van der Waals surface area (Å²) in [5, 5.41) is 0. The molecule has 0 fully saturated rings. The van der Waals surface area contributed by atoms with Crippen LogP contribution in [-0.4, -0.2) is 20.0 Å². The molecule has 3 nitrogen and oxygen atoms in total. The molecule has 1 aromatic rings. The summed E-state index contributed by atoms with van der Waals surface area (Å²) in [4.78, 5) is 10.4. The molecule has 0 aromatic heterocycles. The van der Waals surface area contributed by atoms with Crippen LogP contribution in [-0.2, 0) is 16.1 Å². The maximum atomic E-state index is 10.4. The van der Waals surface area contributed by atoms with Gasteiger partial charge in [0.25, 0.3) is 0 Å². The topological polar surface area (TPSA) is 35.5 Å². The van der Waals surface area contributed by atoms with Gasteiger partial charge in [0, 0.05) is 12.5 Å². The zero-order valence-corrected chi connectivity index (χ0v) is 10.5. The van der Waals surface area contributed by atoms with Gasteiger partial charge in [0.1, 0.15) is 12.0 Å². The minimum absolute atomic E-state index is 0.139. The molecular weight excluding hydrogens is 216 g/mol. The van der Waals surface area contributed by atoms with Crippen LogP contribution >= 0.6 is 0 Å². The summed E-state index contributed by atoms with van der Waals surface area (Å²) < 4.78 is 10.6. The Bertz CT molecular complexity index is 319.